The smallest absolute Gasteiger partial charge is 0.159 e. The molecular formula is C72H58N2O2. The number of furan rings is 1. The summed E-state index contributed by atoms with van der Waals surface area (Å²) in [6, 6.07) is 72.1. The second kappa shape index (κ2) is 19.0. The number of fused-ring (bicyclic) bond motifs is 3. The molecule has 12 aromatic rings. The number of hydrogen-bond acceptors (Lipinski definition) is 4. The Kier molecular flexibility index (Phi) is 11.6. The highest BCUT2D eigenvalue weighted by atomic mass is 16.3. The van der Waals surface area contributed by atoms with Crippen molar-refractivity contribution in [3.05, 3.63) is 251 Å². The van der Waals surface area contributed by atoms with E-state index in [1.165, 1.54) is 44.2 Å². The quantitative estimate of drug-likeness (QED) is 0.131. The normalized spacial score (nSPS) is 12.4. The highest BCUT2D eigenvalue weighted by Crippen LogP contribution is 2.52. The first-order valence-corrected chi connectivity index (χ1v) is 26.7. The number of phenolic OH excluding ortho intramolecular Hbond substituents is 1. The predicted octanol–water partition coefficient (Wildman–Crippen LogP) is 20.2. The van der Waals surface area contributed by atoms with Crippen molar-refractivity contribution in [1.82, 2.24) is 0 Å². The summed E-state index contributed by atoms with van der Waals surface area (Å²) in [5.74, 6) is 1.08. The molecule has 11 aromatic carbocycles. The minimum Gasteiger partial charge on any atom is -0.505 e. The van der Waals surface area contributed by atoms with Crippen LogP contribution in [0.1, 0.15) is 59.4 Å². The van der Waals surface area contributed by atoms with E-state index in [2.05, 4.69) is 251 Å². The van der Waals surface area contributed by atoms with Crippen molar-refractivity contribution in [2.24, 2.45) is 0 Å². The van der Waals surface area contributed by atoms with Crippen LogP contribution in [0.15, 0.2) is 217 Å². The second-order valence-electron chi connectivity index (χ2n) is 20.4. The first kappa shape index (κ1) is 46.7. The molecule has 4 heteroatoms. The lowest BCUT2D eigenvalue weighted by atomic mass is 9.91. The van der Waals surface area contributed by atoms with Crippen molar-refractivity contribution >= 4 is 83.5 Å². The van der Waals surface area contributed by atoms with Gasteiger partial charge in [0.2, 0.25) is 0 Å². The zero-order chi connectivity index (χ0) is 51.6. The van der Waals surface area contributed by atoms with Crippen LogP contribution in [0.2, 0.25) is 0 Å². The number of aromatic hydroxyl groups is 1. The first-order chi connectivity index (χ1) is 37.3. The minimum atomic E-state index is 0.224. The largest absolute Gasteiger partial charge is 0.505 e. The van der Waals surface area contributed by atoms with Crippen LogP contribution in [-0.2, 0) is 12.8 Å². The number of allylic oxidation sites excluding steroid dienone is 2. The lowest BCUT2D eigenvalue weighted by Gasteiger charge is -2.31. The van der Waals surface area contributed by atoms with Crippen molar-refractivity contribution in [1.29, 1.82) is 0 Å². The summed E-state index contributed by atoms with van der Waals surface area (Å²) < 4.78 is 7.31. The fourth-order valence-electron chi connectivity index (χ4n) is 12.2. The Morgan fingerprint density at radius 2 is 1.03 bits per heavy atom. The summed E-state index contributed by atoms with van der Waals surface area (Å²) in [5, 5.41) is 20.8. The van der Waals surface area contributed by atoms with Gasteiger partial charge in [0.1, 0.15) is 11.3 Å². The number of phenols is 1. The molecule has 0 spiro atoms. The van der Waals surface area contributed by atoms with Gasteiger partial charge in [0, 0.05) is 44.2 Å². The van der Waals surface area contributed by atoms with E-state index in [9.17, 15) is 5.11 Å². The van der Waals surface area contributed by atoms with Crippen molar-refractivity contribution in [2.75, 3.05) is 9.80 Å². The average molecular weight is 983 g/mol. The summed E-state index contributed by atoms with van der Waals surface area (Å²) in [6.45, 7) is 11.0. The Morgan fingerprint density at radius 3 is 1.75 bits per heavy atom. The van der Waals surface area contributed by atoms with E-state index in [1.807, 2.05) is 12.1 Å². The number of hydrogen-bond donors (Lipinski definition) is 1. The van der Waals surface area contributed by atoms with Gasteiger partial charge in [-0.25, -0.2) is 0 Å². The lowest BCUT2D eigenvalue weighted by Crippen LogP contribution is -2.17. The lowest BCUT2D eigenvalue weighted by molar-refractivity contribution is 0.478. The van der Waals surface area contributed by atoms with Crippen molar-refractivity contribution < 1.29 is 9.52 Å². The van der Waals surface area contributed by atoms with Gasteiger partial charge >= 0.3 is 0 Å². The second-order valence-corrected chi connectivity index (χ2v) is 20.4. The van der Waals surface area contributed by atoms with Gasteiger partial charge < -0.3 is 19.3 Å². The molecule has 76 heavy (non-hydrogen) atoms. The van der Waals surface area contributed by atoms with E-state index in [0.29, 0.717) is 5.69 Å². The Morgan fingerprint density at radius 1 is 0.461 bits per heavy atom. The van der Waals surface area contributed by atoms with Gasteiger partial charge in [-0.1, -0.05) is 201 Å². The fourth-order valence-corrected chi connectivity index (χ4v) is 12.2. The van der Waals surface area contributed by atoms with Gasteiger partial charge in [-0.2, -0.15) is 0 Å². The fraction of sp³-hybridized carbons (Fsp3) is 0.111. The molecule has 1 aliphatic carbocycles. The van der Waals surface area contributed by atoms with Crippen molar-refractivity contribution in [3.63, 3.8) is 0 Å². The van der Waals surface area contributed by atoms with Crippen LogP contribution in [0, 0.1) is 20.8 Å². The Balaban J connectivity index is 1.01. The van der Waals surface area contributed by atoms with Crippen LogP contribution in [-0.4, -0.2) is 5.11 Å². The molecule has 368 valence electrons. The molecular weight excluding hydrogens is 925 g/mol. The number of para-hydroxylation sites is 3. The molecule has 0 atom stereocenters. The third-order valence-electron chi connectivity index (χ3n) is 15.8. The minimum absolute atomic E-state index is 0.224. The maximum Gasteiger partial charge on any atom is 0.159 e. The molecule has 0 radical (unpaired) electrons. The summed E-state index contributed by atoms with van der Waals surface area (Å²) in [6.07, 6.45) is 9.46. The summed E-state index contributed by atoms with van der Waals surface area (Å²) in [4.78, 5) is 4.72. The van der Waals surface area contributed by atoms with E-state index in [4.69, 9.17) is 4.42 Å². The van der Waals surface area contributed by atoms with E-state index < -0.39 is 0 Å². The molecule has 0 saturated carbocycles. The molecule has 1 aromatic heterocycles. The van der Waals surface area contributed by atoms with Crippen molar-refractivity contribution in [3.8, 4) is 39.1 Å². The van der Waals surface area contributed by atoms with Crippen LogP contribution >= 0.6 is 0 Å². The first-order valence-electron chi connectivity index (χ1n) is 26.7. The van der Waals surface area contributed by atoms with Crippen LogP contribution < -0.4 is 9.80 Å². The van der Waals surface area contributed by atoms with E-state index >= 15 is 0 Å². The molecule has 13 rings (SSSR count). The third-order valence-corrected chi connectivity index (χ3v) is 15.8. The molecule has 1 heterocycles. The number of benzene rings is 11. The monoisotopic (exact) mass is 982 g/mol. The topological polar surface area (TPSA) is 39.9 Å². The van der Waals surface area contributed by atoms with E-state index in [0.717, 1.165) is 119 Å². The van der Waals surface area contributed by atoms with E-state index in [-0.39, 0.29) is 5.75 Å². The highest BCUT2D eigenvalue weighted by molar-refractivity contribution is 6.28. The van der Waals surface area contributed by atoms with Gasteiger partial charge in [-0.15, -0.1) is 0 Å². The SMILES string of the molecule is CCc1ccccc1-c1cccc(-c2cccc(N(c3ccccc3C)c3ccc4ccc5c(N(C6=CCC=Cc7c6oc6c(-c8ccccc8CC)cccc76)c6ccc(C)cc6C)ccc6ccc3c4c65)c2O)c1. The molecule has 4 nitrogen and oxygen atoms in total. The van der Waals surface area contributed by atoms with E-state index in [1.54, 1.807) is 0 Å². The maximum atomic E-state index is 12.8. The van der Waals surface area contributed by atoms with Crippen LogP contribution in [0.3, 0.4) is 0 Å². The maximum absolute atomic E-state index is 12.8. The van der Waals surface area contributed by atoms with Crippen molar-refractivity contribution in [2.45, 2.75) is 53.9 Å². The molecule has 1 aliphatic rings. The van der Waals surface area contributed by atoms with Crippen LogP contribution in [0.25, 0.3) is 88.4 Å². The zero-order valence-corrected chi connectivity index (χ0v) is 43.7. The Hall–Kier alpha value is -9.12. The third kappa shape index (κ3) is 7.66. The van der Waals surface area contributed by atoms with Gasteiger partial charge in [-0.05, 0) is 142 Å². The van der Waals surface area contributed by atoms with Gasteiger partial charge in [0.25, 0.3) is 0 Å². The number of rotatable bonds is 11. The number of nitrogens with zero attached hydrogens (tertiary/aromatic N) is 2. The number of anilines is 5. The van der Waals surface area contributed by atoms with Gasteiger partial charge in [0.15, 0.2) is 5.76 Å². The summed E-state index contributed by atoms with van der Waals surface area (Å²) >= 11 is 0. The van der Waals surface area contributed by atoms with Crippen LogP contribution in [0.5, 0.6) is 5.75 Å². The van der Waals surface area contributed by atoms with Gasteiger partial charge in [0.05, 0.1) is 22.8 Å². The molecule has 0 unspecified atom stereocenters. The predicted molar refractivity (Wildman–Crippen MR) is 322 cm³/mol. The summed E-state index contributed by atoms with van der Waals surface area (Å²) in [7, 11) is 0. The molecule has 0 aliphatic heterocycles. The standard InChI is InChI=1S/C72H58N2O2/c1-6-48-20-9-11-24-54(48)52-22-16-23-53(44-52)56-27-18-32-66(70(56)75)73(62-30-14-8-19-46(62)4)64-41-36-50-35-39-61-65(42-37-51-34-38-60(64)68(50)69(51)61)74(63-40-33-45(3)43-47(63)5)67-31-15-13-26-59-58-29-17-28-57(71(58)76-72(59)67)55-25-12-10-21-49(55)7-2/h8-14,16-44,75H,6-7,15H2,1-5H3. The average Bonchev–Trinajstić information content (AvgIpc) is 3.83. The molecule has 0 fully saturated rings. The zero-order valence-electron chi connectivity index (χ0n) is 43.7. The molecule has 0 saturated heterocycles. The highest BCUT2D eigenvalue weighted by Gasteiger charge is 2.30. The van der Waals surface area contributed by atoms with Gasteiger partial charge in [-0.3, -0.25) is 0 Å². The Labute approximate surface area is 445 Å². The number of aryl methyl sites for hydroxylation is 5. The molecule has 0 amide bonds. The van der Waals surface area contributed by atoms with Crippen LogP contribution in [0.4, 0.5) is 28.4 Å². The molecule has 0 bridgehead atoms. The molecule has 1 N–H and O–H groups in total. The summed E-state index contributed by atoms with van der Waals surface area (Å²) in [5.41, 5.74) is 20.3. The Bertz CT molecular complexity index is 4300.